The van der Waals surface area contributed by atoms with Crippen molar-refractivity contribution in [1.29, 1.82) is 0 Å². The maximum absolute atomic E-state index is 13.4. The highest BCUT2D eigenvalue weighted by molar-refractivity contribution is 6.32. The monoisotopic (exact) mass is 258 g/mol. The molecule has 1 aliphatic heterocycles. The Labute approximate surface area is 106 Å². The van der Waals surface area contributed by atoms with Crippen molar-refractivity contribution in [3.05, 3.63) is 29.0 Å². The fraction of sp³-hybridized carbons (Fsp3) is 0.500. The molecule has 1 heterocycles. The molecule has 0 radical (unpaired) electrons. The number of para-hydroxylation sites is 1. The molecular weight excluding hydrogens is 243 g/mol. The second kappa shape index (κ2) is 6.19. The van der Waals surface area contributed by atoms with E-state index >= 15 is 0 Å². The second-order valence-corrected chi connectivity index (χ2v) is 4.40. The minimum Gasteiger partial charge on any atom is -0.488 e. The van der Waals surface area contributed by atoms with Gasteiger partial charge in [0.1, 0.15) is 6.61 Å². The maximum atomic E-state index is 13.4. The molecule has 1 N–H and O–H groups in total. The number of piperazine rings is 1. The fourth-order valence-electron chi connectivity index (χ4n) is 1.83. The quantitative estimate of drug-likeness (QED) is 0.891. The molecule has 1 aromatic carbocycles. The molecule has 0 aliphatic carbocycles. The molecule has 0 aromatic heterocycles. The van der Waals surface area contributed by atoms with Crippen molar-refractivity contribution in [2.75, 3.05) is 39.3 Å². The van der Waals surface area contributed by atoms with E-state index in [1.807, 2.05) is 0 Å². The van der Waals surface area contributed by atoms with E-state index in [4.69, 9.17) is 16.3 Å². The zero-order valence-corrected chi connectivity index (χ0v) is 10.3. The van der Waals surface area contributed by atoms with Crippen molar-refractivity contribution in [1.82, 2.24) is 10.2 Å². The Balaban J connectivity index is 1.81. The van der Waals surface area contributed by atoms with Crippen LogP contribution in [0.4, 0.5) is 4.39 Å². The number of hydrogen-bond acceptors (Lipinski definition) is 3. The van der Waals surface area contributed by atoms with Crippen molar-refractivity contribution in [3.63, 3.8) is 0 Å². The third-order valence-electron chi connectivity index (χ3n) is 2.78. The molecule has 0 spiro atoms. The zero-order chi connectivity index (χ0) is 12.1. The van der Waals surface area contributed by atoms with Crippen LogP contribution in [0.2, 0.25) is 5.02 Å². The molecule has 1 fully saturated rings. The number of nitrogens with zero attached hydrogens (tertiary/aromatic N) is 1. The molecule has 0 atom stereocenters. The molecule has 1 aromatic rings. The summed E-state index contributed by atoms with van der Waals surface area (Å²) in [4.78, 5) is 2.28. The van der Waals surface area contributed by atoms with Crippen LogP contribution in [-0.2, 0) is 0 Å². The summed E-state index contributed by atoms with van der Waals surface area (Å²) in [5.41, 5.74) is 0. The molecule has 0 saturated carbocycles. The van der Waals surface area contributed by atoms with E-state index in [0.717, 1.165) is 32.7 Å². The average Bonchev–Trinajstić information content (AvgIpc) is 2.34. The summed E-state index contributed by atoms with van der Waals surface area (Å²) in [6.07, 6.45) is 0. The molecule has 3 nitrogen and oxygen atoms in total. The molecular formula is C12H16ClFN2O. The Bertz CT molecular complexity index is 349. The predicted octanol–water partition coefficient (Wildman–Crippen LogP) is 1.76. The molecule has 0 amide bonds. The molecule has 0 unspecified atom stereocenters. The first-order valence-electron chi connectivity index (χ1n) is 5.77. The van der Waals surface area contributed by atoms with Crippen LogP contribution < -0.4 is 10.1 Å². The molecule has 0 bridgehead atoms. The molecule has 1 saturated heterocycles. The summed E-state index contributed by atoms with van der Waals surface area (Å²) in [5, 5.41) is 3.60. The third kappa shape index (κ3) is 3.56. The van der Waals surface area contributed by atoms with Crippen molar-refractivity contribution >= 4 is 11.6 Å². The SMILES string of the molecule is Fc1cccc(Cl)c1OCCN1CCNCC1. The molecule has 5 heteroatoms. The van der Waals surface area contributed by atoms with Gasteiger partial charge in [0.25, 0.3) is 0 Å². The number of benzene rings is 1. The van der Waals surface area contributed by atoms with Gasteiger partial charge in [0.2, 0.25) is 0 Å². The van der Waals surface area contributed by atoms with E-state index < -0.39 is 5.82 Å². The zero-order valence-electron chi connectivity index (χ0n) is 9.59. The van der Waals surface area contributed by atoms with Crippen LogP contribution in [0.5, 0.6) is 5.75 Å². The van der Waals surface area contributed by atoms with Gasteiger partial charge in [-0.25, -0.2) is 4.39 Å². The summed E-state index contributed by atoms with van der Waals surface area (Å²) >= 11 is 5.86. The van der Waals surface area contributed by atoms with Crippen LogP contribution in [0.15, 0.2) is 18.2 Å². The van der Waals surface area contributed by atoms with Gasteiger partial charge in [0, 0.05) is 32.7 Å². The highest BCUT2D eigenvalue weighted by Gasteiger charge is 2.11. The summed E-state index contributed by atoms with van der Waals surface area (Å²) in [6.45, 7) is 5.27. The molecule has 94 valence electrons. The van der Waals surface area contributed by atoms with Crippen LogP contribution in [0.3, 0.4) is 0 Å². The standard InChI is InChI=1S/C12H16ClFN2O/c13-10-2-1-3-11(14)12(10)17-9-8-16-6-4-15-5-7-16/h1-3,15H,4-9H2. The van der Waals surface area contributed by atoms with Gasteiger partial charge in [-0.1, -0.05) is 17.7 Å². The smallest absolute Gasteiger partial charge is 0.173 e. The fourth-order valence-corrected chi connectivity index (χ4v) is 2.05. The van der Waals surface area contributed by atoms with E-state index in [9.17, 15) is 4.39 Å². The first-order chi connectivity index (χ1) is 8.27. The lowest BCUT2D eigenvalue weighted by Gasteiger charge is -2.27. The van der Waals surface area contributed by atoms with Gasteiger partial charge < -0.3 is 10.1 Å². The van der Waals surface area contributed by atoms with E-state index in [2.05, 4.69) is 10.2 Å². The number of hydrogen-bond donors (Lipinski definition) is 1. The van der Waals surface area contributed by atoms with Crippen molar-refractivity contribution in [2.24, 2.45) is 0 Å². The number of rotatable bonds is 4. The molecule has 17 heavy (non-hydrogen) atoms. The first kappa shape index (κ1) is 12.6. The Kier molecular flexibility index (Phi) is 4.59. The van der Waals surface area contributed by atoms with Gasteiger partial charge in [-0.3, -0.25) is 4.90 Å². The summed E-state index contributed by atoms with van der Waals surface area (Å²) in [5.74, 6) is -0.248. The molecule has 2 rings (SSSR count). The van der Waals surface area contributed by atoms with Crippen LogP contribution in [0.25, 0.3) is 0 Å². The van der Waals surface area contributed by atoms with Crippen LogP contribution in [-0.4, -0.2) is 44.2 Å². The largest absolute Gasteiger partial charge is 0.488 e. The van der Waals surface area contributed by atoms with Crippen LogP contribution in [0, 0.1) is 5.82 Å². The van der Waals surface area contributed by atoms with E-state index in [-0.39, 0.29) is 5.75 Å². The second-order valence-electron chi connectivity index (χ2n) is 3.99. The van der Waals surface area contributed by atoms with E-state index in [0.29, 0.717) is 11.6 Å². The van der Waals surface area contributed by atoms with Gasteiger partial charge in [0.15, 0.2) is 11.6 Å². The summed E-state index contributed by atoms with van der Waals surface area (Å²) in [6, 6.07) is 4.55. The van der Waals surface area contributed by atoms with E-state index in [1.54, 1.807) is 12.1 Å². The Morgan fingerprint density at radius 3 is 2.82 bits per heavy atom. The Hall–Kier alpha value is -0.840. The van der Waals surface area contributed by atoms with Gasteiger partial charge in [-0.05, 0) is 12.1 Å². The maximum Gasteiger partial charge on any atom is 0.173 e. The first-order valence-corrected chi connectivity index (χ1v) is 6.15. The van der Waals surface area contributed by atoms with Crippen LogP contribution >= 0.6 is 11.6 Å². The van der Waals surface area contributed by atoms with E-state index in [1.165, 1.54) is 6.07 Å². The lowest BCUT2D eigenvalue weighted by molar-refractivity contribution is 0.188. The highest BCUT2D eigenvalue weighted by Crippen LogP contribution is 2.26. The molecule has 1 aliphatic rings. The minimum absolute atomic E-state index is 0.157. The van der Waals surface area contributed by atoms with Crippen molar-refractivity contribution < 1.29 is 9.13 Å². The van der Waals surface area contributed by atoms with Crippen LogP contribution in [0.1, 0.15) is 0 Å². The summed E-state index contributed by atoms with van der Waals surface area (Å²) in [7, 11) is 0. The van der Waals surface area contributed by atoms with Gasteiger partial charge >= 0.3 is 0 Å². The number of halogens is 2. The Morgan fingerprint density at radius 2 is 2.12 bits per heavy atom. The van der Waals surface area contributed by atoms with Gasteiger partial charge in [-0.15, -0.1) is 0 Å². The highest BCUT2D eigenvalue weighted by atomic mass is 35.5. The van der Waals surface area contributed by atoms with Gasteiger partial charge in [0.05, 0.1) is 5.02 Å². The third-order valence-corrected chi connectivity index (χ3v) is 3.08. The number of nitrogens with one attached hydrogen (secondary N) is 1. The lowest BCUT2D eigenvalue weighted by atomic mass is 10.3. The number of ether oxygens (including phenoxy) is 1. The van der Waals surface area contributed by atoms with Crippen molar-refractivity contribution in [2.45, 2.75) is 0 Å². The average molecular weight is 259 g/mol. The minimum atomic E-state index is -0.405. The lowest BCUT2D eigenvalue weighted by Crippen LogP contribution is -2.44. The Morgan fingerprint density at radius 1 is 1.35 bits per heavy atom. The normalized spacial score (nSPS) is 17.1. The topological polar surface area (TPSA) is 24.5 Å². The van der Waals surface area contributed by atoms with Crippen molar-refractivity contribution in [3.8, 4) is 5.75 Å². The van der Waals surface area contributed by atoms with Gasteiger partial charge in [-0.2, -0.15) is 0 Å². The summed E-state index contributed by atoms with van der Waals surface area (Å²) < 4.78 is 18.8. The predicted molar refractivity (Wildman–Crippen MR) is 66.2 cm³/mol.